The highest BCUT2D eigenvalue weighted by Gasteiger charge is 2.52. The van der Waals surface area contributed by atoms with Crippen LogP contribution in [0, 0.1) is 0 Å². The van der Waals surface area contributed by atoms with Gasteiger partial charge in [0.1, 0.15) is 11.2 Å². The van der Waals surface area contributed by atoms with E-state index in [1.54, 1.807) is 0 Å². The molecule has 0 atom stereocenters. The van der Waals surface area contributed by atoms with Gasteiger partial charge < -0.3 is 13.9 Å². The predicted octanol–water partition coefficient (Wildman–Crippen LogP) is 19.6. The number of hydrogen-bond acceptors (Lipinski definition) is 2. The molecule has 2 heterocycles. The van der Waals surface area contributed by atoms with E-state index in [0.717, 1.165) is 72.2 Å². The molecule has 0 aliphatic heterocycles. The molecule has 17 rings (SSSR count). The Labute approximate surface area is 438 Å². The molecule has 3 heteroatoms. The summed E-state index contributed by atoms with van der Waals surface area (Å²) in [6, 6.07) is 98.9. The fourth-order valence-corrected chi connectivity index (χ4v) is 14.1. The summed E-state index contributed by atoms with van der Waals surface area (Å²) in [6.45, 7) is 0. The highest BCUT2D eigenvalue weighted by molar-refractivity contribution is 6.30. The van der Waals surface area contributed by atoms with Crippen molar-refractivity contribution in [3.63, 3.8) is 0 Å². The number of anilines is 3. The Morgan fingerprint density at radius 3 is 1.54 bits per heavy atom. The van der Waals surface area contributed by atoms with E-state index in [9.17, 15) is 0 Å². The van der Waals surface area contributed by atoms with Crippen molar-refractivity contribution in [2.24, 2.45) is 0 Å². The molecule has 1 spiro atoms. The zero-order valence-corrected chi connectivity index (χ0v) is 41.2. The van der Waals surface area contributed by atoms with Crippen LogP contribution in [0.4, 0.5) is 17.1 Å². The quantitative estimate of drug-likeness (QED) is 0.160. The van der Waals surface area contributed by atoms with E-state index in [1.165, 1.54) is 82.2 Å². The third kappa shape index (κ3) is 5.40. The molecule has 0 unspecified atom stereocenters. The SMILES string of the molecule is c1ccc(N(c2cccc3c2-c2ccccc2C32c3ccccc3-c3ccccc32)c2cccc3c4c(-c5ccc6c7ccccc7c7ccccc7c6c5)c5c(cc4n(-c4ccccc4)c23)oc2ccccc25)cc1. The maximum Gasteiger partial charge on any atom is 0.138 e. The summed E-state index contributed by atoms with van der Waals surface area (Å²) in [4.78, 5) is 2.54. The molecular weight excluding hydrogens is 921 g/mol. The molecular formula is C73H44N2O. The standard InChI is InChI=1S/C73H44N2O/c1-3-21-46(22-4-1)74(63-38-20-37-62-69(63)55-31-13-17-36-61(55)73(62)59-34-15-11-29-53(59)54-30-12-16-35-60(54)73)64-39-19-33-57-70-65(75(72(57)64)47-23-5-2-6-24-47)44-67-71(56-32-14-18-40-66(56)76-67)68(70)45-41-42-52-50-27-8-7-25-48(50)49-26-9-10-28-51(49)58(52)43-45/h1-44H. The average molecular weight is 965 g/mol. The molecule has 15 aromatic rings. The zero-order chi connectivity index (χ0) is 49.6. The highest BCUT2D eigenvalue weighted by atomic mass is 16.3. The minimum absolute atomic E-state index is 0.494. The normalized spacial score (nSPS) is 13.1. The molecule has 2 aliphatic rings. The van der Waals surface area contributed by atoms with Crippen LogP contribution in [0.3, 0.4) is 0 Å². The fourth-order valence-electron chi connectivity index (χ4n) is 14.1. The van der Waals surface area contributed by atoms with Crippen molar-refractivity contribution in [1.29, 1.82) is 0 Å². The lowest BCUT2D eigenvalue weighted by Crippen LogP contribution is -2.26. The molecule has 0 amide bonds. The predicted molar refractivity (Wildman–Crippen MR) is 317 cm³/mol. The summed E-state index contributed by atoms with van der Waals surface area (Å²) in [7, 11) is 0. The van der Waals surface area contributed by atoms with Crippen molar-refractivity contribution in [3.05, 3.63) is 289 Å². The van der Waals surface area contributed by atoms with Crippen molar-refractivity contribution < 1.29 is 4.42 Å². The minimum atomic E-state index is -0.494. The van der Waals surface area contributed by atoms with E-state index in [2.05, 4.69) is 276 Å². The van der Waals surface area contributed by atoms with Crippen LogP contribution < -0.4 is 4.90 Å². The fraction of sp³-hybridized carbons (Fsp3) is 0.0137. The Kier molecular flexibility index (Phi) is 8.48. The third-order valence-corrected chi connectivity index (χ3v) is 16.9. The summed E-state index contributed by atoms with van der Waals surface area (Å²) >= 11 is 0. The van der Waals surface area contributed by atoms with Crippen LogP contribution in [0.2, 0.25) is 0 Å². The molecule has 2 aliphatic carbocycles. The maximum absolute atomic E-state index is 7.00. The van der Waals surface area contributed by atoms with Gasteiger partial charge in [-0.1, -0.05) is 212 Å². The number of rotatable bonds is 5. The molecule has 0 radical (unpaired) electrons. The molecule has 352 valence electrons. The van der Waals surface area contributed by atoms with E-state index >= 15 is 0 Å². The Morgan fingerprint density at radius 2 is 0.842 bits per heavy atom. The number of nitrogens with zero attached hydrogens (tertiary/aromatic N) is 2. The van der Waals surface area contributed by atoms with E-state index < -0.39 is 5.41 Å². The lowest BCUT2D eigenvalue weighted by atomic mass is 9.70. The van der Waals surface area contributed by atoms with E-state index in [1.807, 2.05) is 0 Å². The van der Waals surface area contributed by atoms with Gasteiger partial charge in [0.05, 0.1) is 27.8 Å². The van der Waals surface area contributed by atoms with Crippen LogP contribution in [0.1, 0.15) is 22.3 Å². The first-order valence-electron chi connectivity index (χ1n) is 26.3. The second kappa shape index (κ2) is 15.5. The third-order valence-electron chi connectivity index (χ3n) is 16.9. The molecule has 0 fully saturated rings. The van der Waals surface area contributed by atoms with Gasteiger partial charge in [-0.15, -0.1) is 0 Å². The van der Waals surface area contributed by atoms with Gasteiger partial charge >= 0.3 is 0 Å². The monoisotopic (exact) mass is 964 g/mol. The van der Waals surface area contributed by atoms with Crippen molar-refractivity contribution in [2.75, 3.05) is 4.90 Å². The summed E-state index contributed by atoms with van der Waals surface area (Å²) in [5.74, 6) is 0. The Hall–Kier alpha value is -9.96. The Morgan fingerprint density at radius 1 is 0.329 bits per heavy atom. The molecule has 13 aromatic carbocycles. The van der Waals surface area contributed by atoms with Crippen molar-refractivity contribution >= 4 is 93.1 Å². The lowest BCUT2D eigenvalue weighted by molar-refractivity contribution is 0.669. The van der Waals surface area contributed by atoms with Crippen LogP contribution >= 0.6 is 0 Å². The van der Waals surface area contributed by atoms with Gasteiger partial charge in [-0.25, -0.2) is 0 Å². The molecule has 2 aromatic heterocycles. The lowest BCUT2D eigenvalue weighted by Gasteiger charge is -2.32. The van der Waals surface area contributed by atoms with E-state index in [4.69, 9.17) is 4.42 Å². The van der Waals surface area contributed by atoms with Gasteiger partial charge in [0.15, 0.2) is 0 Å². The largest absolute Gasteiger partial charge is 0.456 e. The van der Waals surface area contributed by atoms with Crippen LogP contribution in [0.25, 0.3) is 115 Å². The second-order valence-corrected chi connectivity index (χ2v) is 20.6. The molecule has 0 saturated heterocycles. The number of aromatic nitrogens is 1. The molecule has 3 nitrogen and oxygen atoms in total. The van der Waals surface area contributed by atoms with Gasteiger partial charge in [0.25, 0.3) is 0 Å². The Balaban J connectivity index is 1.02. The first kappa shape index (κ1) is 41.5. The van der Waals surface area contributed by atoms with Crippen molar-refractivity contribution in [2.45, 2.75) is 5.41 Å². The summed E-state index contributed by atoms with van der Waals surface area (Å²) in [5.41, 5.74) is 20.4. The minimum Gasteiger partial charge on any atom is -0.456 e. The van der Waals surface area contributed by atoms with Gasteiger partial charge in [0, 0.05) is 50.1 Å². The number of benzene rings is 13. The first-order chi connectivity index (χ1) is 37.8. The topological polar surface area (TPSA) is 21.3 Å². The molecule has 0 saturated carbocycles. The molecule has 0 bridgehead atoms. The number of hydrogen-bond donors (Lipinski definition) is 0. The number of fused-ring (bicyclic) bond motifs is 22. The molecule has 76 heavy (non-hydrogen) atoms. The summed E-state index contributed by atoms with van der Waals surface area (Å²) in [6.07, 6.45) is 0. The first-order valence-corrected chi connectivity index (χ1v) is 26.3. The van der Waals surface area contributed by atoms with Crippen molar-refractivity contribution in [1.82, 2.24) is 4.57 Å². The van der Waals surface area contributed by atoms with Crippen LogP contribution in [-0.2, 0) is 5.41 Å². The number of furan rings is 1. The summed E-state index contributed by atoms with van der Waals surface area (Å²) in [5, 5.41) is 12.1. The number of para-hydroxylation sites is 4. The van der Waals surface area contributed by atoms with Gasteiger partial charge in [-0.05, 0) is 125 Å². The average Bonchev–Trinajstić information content (AvgIpc) is 4.42. The Bertz CT molecular complexity index is 4860. The highest BCUT2D eigenvalue weighted by Crippen LogP contribution is 2.65. The molecule has 0 N–H and O–H groups in total. The van der Waals surface area contributed by atoms with E-state index in [-0.39, 0.29) is 0 Å². The summed E-state index contributed by atoms with van der Waals surface area (Å²) < 4.78 is 9.50. The second-order valence-electron chi connectivity index (χ2n) is 20.6. The van der Waals surface area contributed by atoms with E-state index in [0.29, 0.717) is 0 Å². The van der Waals surface area contributed by atoms with Crippen molar-refractivity contribution in [3.8, 4) is 39.1 Å². The van der Waals surface area contributed by atoms with Gasteiger partial charge in [-0.2, -0.15) is 0 Å². The van der Waals surface area contributed by atoms with Crippen LogP contribution in [-0.4, -0.2) is 4.57 Å². The zero-order valence-electron chi connectivity index (χ0n) is 41.2. The smallest absolute Gasteiger partial charge is 0.138 e. The van der Waals surface area contributed by atoms with Crippen LogP contribution in [0.5, 0.6) is 0 Å². The van der Waals surface area contributed by atoms with Gasteiger partial charge in [-0.3, -0.25) is 0 Å². The van der Waals surface area contributed by atoms with Gasteiger partial charge in [0.2, 0.25) is 0 Å². The maximum atomic E-state index is 7.00. The van der Waals surface area contributed by atoms with Crippen LogP contribution in [0.15, 0.2) is 271 Å².